The summed E-state index contributed by atoms with van der Waals surface area (Å²) < 4.78 is 15.5. The Balaban J connectivity index is 2.51. The van der Waals surface area contributed by atoms with Gasteiger partial charge in [0, 0.05) is 11.6 Å². The normalized spacial score (nSPS) is 9.87. The highest BCUT2D eigenvalue weighted by atomic mass is 35.5. The molecule has 0 saturated carbocycles. The second-order valence-corrected chi connectivity index (χ2v) is 4.73. The molecule has 0 atom stereocenters. The average molecular weight is 334 g/mol. The Hall–Kier alpha value is -2.85. The van der Waals surface area contributed by atoms with Gasteiger partial charge >= 0.3 is 5.97 Å². The number of carbonyl (C=O) groups is 1. The fraction of sp³-hybridized carbons (Fsp3) is 0.200. The zero-order valence-corrected chi connectivity index (χ0v) is 13.3. The van der Waals surface area contributed by atoms with Crippen molar-refractivity contribution in [2.24, 2.45) is 0 Å². The van der Waals surface area contributed by atoms with E-state index in [0.29, 0.717) is 16.9 Å². The predicted molar refractivity (Wildman–Crippen MR) is 80.9 cm³/mol. The van der Waals surface area contributed by atoms with Gasteiger partial charge in [-0.25, -0.2) is 4.79 Å². The minimum Gasteiger partial charge on any atom is -0.493 e. The van der Waals surface area contributed by atoms with Crippen molar-refractivity contribution >= 4 is 17.6 Å². The Morgan fingerprint density at radius 3 is 2.61 bits per heavy atom. The van der Waals surface area contributed by atoms with Gasteiger partial charge in [0.2, 0.25) is 0 Å². The zero-order chi connectivity index (χ0) is 17.0. The molecule has 0 fully saturated rings. The Labute approximate surface area is 137 Å². The van der Waals surface area contributed by atoms with Crippen LogP contribution in [0.2, 0.25) is 5.15 Å². The van der Waals surface area contributed by atoms with E-state index >= 15 is 0 Å². The maximum atomic E-state index is 11.9. The van der Waals surface area contributed by atoms with Crippen LogP contribution in [0.1, 0.15) is 21.5 Å². The van der Waals surface area contributed by atoms with Crippen LogP contribution in [0.5, 0.6) is 17.4 Å². The molecule has 0 aliphatic carbocycles. The molecule has 0 aliphatic rings. The maximum absolute atomic E-state index is 11.9. The van der Waals surface area contributed by atoms with Crippen molar-refractivity contribution in [3.8, 4) is 23.4 Å². The van der Waals surface area contributed by atoms with Gasteiger partial charge in [0.25, 0.3) is 5.88 Å². The highest BCUT2D eigenvalue weighted by Crippen LogP contribution is 2.34. The molecule has 8 heteroatoms. The van der Waals surface area contributed by atoms with E-state index in [1.54, 1.807) is 13.0 Å². The smallest absolute Gasteiger partial charge is 0.343 e. The monoisotopic (exact) mass is 333 g/mol. The second-order valence-electron chi connectivity index (χ2n) is 4.37. The SMILES string of the molecule is COC(=O)c1c(Oc2ccc(C#N)cc2OC)nnc(Cl)c1C. The van der Waals surface area contributed by atoms with Crippen LogP contribution < -0.4 is 9.47 Å². The number of benzene rings is 1. The lowest BCUT2D eigenvalue weighted by Crippen LogP contribution is -2.09. The molecule has 1 aromatic carbocycles. The summed E-state index contributed by atoms with van der Waals surface area (Å²) in [5, 5.41) is 16.5. The van der Waals surface area contributed by atoms with Gasteiger partial charge in [0.15, 0.2) is 16.7 Å². The van der Waals surface area contributed by atoms with Crippen LogP contribution in [-0.2, 0) is 4.74 Å². The first kappa shape index (κ1) is 16.5. The molecule has 7 nitrogen and oxygen atoms in total. The van der Waals surface area contributed by atoms with Crippen molar-refractivity contribution in [2.75, 3.05) is 14.2 Å². The van der Waals surface area contributed by atoms with Crippen molar-refractivity contribution in [1.82, 2.24) is 10.2 Å². The summed E-state index contributed by atoms with van der Waals surface area (Å²) in [5.74, 6) is -0.134. The van der Waals surface area contributed by atoms with Crippen molar-refractivity contribution in [3.05, 3.63) is 40.0 Å². The van der Waals surface area contributed by atoms with Gasteiger partial charge in [-0.3, -0.25) is 0 Å². The molecule has 2 rings (SSSR count). The summed E-state index contributed by atoms with van der Waals surface area (Å²) in [6, 6.07) is 6.58. The number of rotatable bonds is 4. The molecule has 0 radical (unpaired) electrons. The third-order valence-corrected chi connectivity index (χ3v) is 3.37. The summed E-state index contributed by atoms with van der Waals surface area (Å²) in [4.78, 5) is 11.9. The summed E-state index contributed by atoms with van der Waals surface area (Å²) in [6.07, 6.45) is 0. The van der Waals surface area contributed by atoms with Crippen LogP contribution >= 0.6 is 11.6 Å². The molecule has 0 amide bonds. The van der Waals surface area contributed by atoms with E-state index in [4.69, 9.17) is 31.1 Å². The van der Waals surface area contributed by atoms with Gasteiger partial charge in [0.05, 0.1) is 25.9 Å². The molecule has 1 aromatic heterocycles. The first-order chi connectivity index (χ1) is 11.0. The van der Waals surface area contributed by atoms with Gasteiger partial charge in [-0.15, -0.1) is 10.2 Å². The number of carbonyl (C=O) groups excluding carboxylic acids is 1. The average Bonchev–Trinajstić information content (AvgIpc) is 2.58. The van der Waals surface area contributed by atoms with Crippen molar-refractivity contribution in [3.63, 3.8) is 0 Å². The Bertz CT molecular complexity index is 802. The lowest BCUT2D eigenvalue weighted by Gasteiger charge is -2.13. The van der Waals surface area contributed by atoms with Crippen LogP contribution in [0.15, 0.2) is 18.2 Å². The van der Waals surface area contributed by atoms with Crippen LogP contribution in [0.25, 0.3) is 0 Å². The van der Waals surface area contributed by atoms with Crippen molar-refractivity contribution in [2.45, 2.75) is 6.92 Å². The fourth-order valence-electron chi connectivity index (χ4n) is 1.82. The fourth-order valence-corrected chi connectivity index (χ4v) is 1.95. The minimum absolute atomic E-state index is 0.0678. The predicted octanol–water partition coefficient (Wildman–Crippen LogP) is 2.90. The standard InChI is InChI=1S/C15H12ClN3O4/c1-8-12(15(20)22-3)14(19-18-13(8)16)23-10-5-4-9(7-17)6-11(10)21-2/h4-6H,1-3H3. The summed E-state index contributed by atoms with van der Waals surface area (Å²) in [5.41, 5.74) is 0.857. The van der Waals surface area contributed by atoms with Gasteiger partial charge in [-0.1, -0.05) is 11.6 Å². The third-order valence-electron chi connectivity index (χ3n) is 3.02. The molecular formula is C15H12ClN3O4. The molecule has 2 aromatic rings. The number of aromatic nitrogens is 2. The van der Waals surface area contributed by atoms with E-state index in [1.165, 1.54) is 26.4 Å². The van der Waals surface area contributed by atoms with E-state index in [1.807, 2.05) is 6.07 Å². The number of halogens is 1. The third kappa shape index (κ3) is 3.33. The molecule has 1 heterocycles. The highest BCUT2D eigenvalue weighted by Gasteiger charge is 2.22. The van der Waals surface area contributed by atoms with Gasteiger partial charge < -0.3 is 14.2 Å². The topological polar surface area (TPSA) is 94.3 Å². The first-order valence-electron chi connectivity index (χ1n) is 6.38. The van der Waals surface area contributed by atoms with Crippen LogP contribution in [0, 0.1) is 18.3 Å². The number of nitriles is 1. The van der Waals surface area contributed by atoms with Crippen LogP contribution in [-0.4, -0.2) is 30.4 Å². The van der Waals surface area contributed by atoms with Gasteiger partial charge in [-0.05, 0) is 19.1 Å². The number of hydrogen-bond acceptors (Lipinski definition) is 7. The Morgan fingerprint density at radius 1 is 1.26 bits per heavy atom. The lowest BCUT2D eigenvalue weighted by atomic mass is 10.2. The number of esters is 1. The number of ether oxygens (including phenoxy) is 3. The second kappa shape index (κ2) is 6.94. The van der Waals surface area contributed by atoms with Crippen molar-refractivity contribution in [1.29, 1.82) is 5.26 Å². The quantitative estimate of drug-likeness (QED) is 0.794. The largest absolute Gasteiger partial charge is 0.493 e. The summed E-state index contributed by atoms with van der Waals surface area (Å²) >= 11 is 5.89. The molecule has 23 heavy (non-hydrogen) atoms. The first-order valence-corrected chi connectivity index (χ1v) is 6.76. The van der Waals surface area contributed by atoms with Gasteiger partial charge in [-0.2, -0.15) is 5.26 Å². The number of hydrogen-bond donors (Lipinski definition) is 0. The molecule has 0 spiro atoms. The lowest BCUT2D eigenvalue weighted by molar-refractivity contribution is 0.0595. The van der Waals surface area contributed by atoms with Gasteiger partial charge in [0.1, 0.15) is 5.56 Å². The van der Waals surface area contributed by atoms with E-state index in [9.17, 15) is 4.79 Å². The van der Waals surface area contributed by atoms with Crippen LogP contribution in [0.3, 0.4) is 0 Å². The summed E-state index contributed by atoms with van der Waals surface area (Å²) in [6.45, 7) is 1.60. The van der Waals surface area contributed by atoms with Crippen LogP contribution in [0.4, 0.5) is 0 Å². The van der Waals surface area contributed by atoms with Crippen molar-refractivity contribution < 1.29 is 19.0 Å². The maximum Gasteiger partial charge on any atom is 0.343 e. The van der Waals surface area contributed by atoms with E-state index in [2.05, 4.69) is 10.2 Å². The molecule has 0 aliphatic heterocycles. The molecule has 0 bridgehead atoms. The Kier molecular flexibility index (Phi) is 4.98. The number of methoxy groups -OCH3 is 2. The molecule has 0 N–H and O–H groups in total. The molecular weight excluding hydrogens is 322 g/mol. The molecule has 0 saturated heterocycles. The highest BCUT2D eigenvalue weighted by molar-refractivity contribution is 6.30. The Morgan fingerprint density at radius 2 is 2.00 bits per heavy atom. The molecule has 118 valence electrons. The van der Waals surface area contributed by atoms with E-state index in [0.717, 1.165) is 0 Å². The summed E-state index contributed by atoms with van der Waals surface area (Å²) in [7, 11) is 2.67. The molecule has 0 unspecified atom stereocenters. The van der Waals surface area contributed by atoms with E-state index < -0.39 is 5.97 Å². The minimum atomic E-state index is -0.651. The number of nitrogens with zero attached hydrogens (tertiary/aromatic N) is 3. The zero-order valence-electron chi connectivity index (χ0n) is 12.6. The van der Waals surface area contributed by atoms with E-state index in [-0.39, 0.29) is 22.3 Å².